The predicted octanol–water partition coefficient (Wildman–Crippen LogP) is 4.88. The van der Waals surface area contributed by atoms with Crippen LogP contribution in [0.1, 0.15) is 30.1 Å². The molecular weight excluding hydrogens is 333 g/mol. The summed E-state index contributed by atoms with van der Waals surface area (Å²) in [4.78, 5) is 18.6. The first kappa shape index (κ1) is 17.6. The Morgan fingerprint density at radius 3 is 2.70 bits per heavy atom. The lowest BCUT2D eigenvalue weighted by atomic mass is 10.2. The average Bonchev–Trinajstić information content (AvgIpc) is 2.56. The molecule has 1 amide bonds. The second kappa shape index (κ2) is 8.18. The van der Waals surface area contributed by atoms with Crippen LogP contribution in [-0.4, -0.2) is 24.5 Å². The number of hydrogen-bond donors (Lipinski definition) is 1. The first-order valence-electron chi connectivity index (χ1n) is 7.44. The van der Waals surface area contributed by atoms with Crippen LogP contribution in [0.2, 0.25) is 10.0 Å². The number of rotatable bonds is 6. The first-order chi connectivity index (χ1) is 11.0. The van der Waals surface area contributed by atoms with Crippen molar-refractivity contribution in [2.75, 3.05) is 23.8 Å². The highest BCUT2D eigenvalue weighted by molar-refractivity contribution is 6.42. The van der Waals surface area contributed by atoms with Gasteiger partial charge in [-0.2, -0.15) is 0 Å². The zero-order valence-electron chi connectivity index (χ0n) is 13.1. The Morgan fingerprint density at radius 2 is 2.00 bits per heavy atom. The quantitative estimate of drug-likeness (QED) is 0.806. The Hall–Kier alpha value is -1.78. The third kappa shape index (κ3) is 4.85. The summed E-state index contributed by atoms with van der Waals surface area (Å²) in [5.74, 6) is -0.235. The number of benzene rings is 1. The van der Waals surface area contributed by atoms with E-state index in [0.717, 1.165) is 25.1 Å². The van der Waals surface area contributed by atoms with Crippen molar-refractivity contribution >= 4 is 40.5 Å². The van der Waals surface area contributed by atoms with Gasteiger partial charge in [-0.05, 0) is 30.7 Å². The van der Waals surface area contributed by atoms with Gasteiger partial charge in [0, 0.05) is 25.5 Å². The van der Waals surface area contributed by atoms with Gasteiger partial charge < -0.3 is 10.2 Å². The van der Waals surface area contributed by atoms with Gasteiger partial charge in [-0.25, -0.2) is 0 Å². The summed E-state index contributed by atoms with van der Waals surface area (Å²) in [5, 5.41) is 3.64. The molecule has 0 unspecified atom stereocenters. The fraction of sp³-hybridized carbons (Fsp3) is 0.294. The van der Waals surface area contributed by atoms with E-state index in [1.54, 1.807) is 30.6 Å². The number of nitrogens with one attached hydrogen (secondary N) is 1. The van der Waals surface area contributed by atoms with E-state index < -0.39 is 0 Å². The van der Waals surface area contributed by atoms with Crippen LogP contribution in [0.4, 0.5) is 11.4 Å². The van der Waals surface area contributed by atoms with Gasteiger partial charge in [0.2, 0.25) is 0 Å². The second-order valence-electron chi connectivity index (χ2n) is 5.29. The number of amides is 1. The molecular formula is C17H19Cl2N3O. The van der Waals surface area contributed by atoms with E-state index in [0.29, 0.717) is 21.3 Å². The van der Waals surface area contributed by atoms with E-state index in [9.17, 15) is 4.79 Å². The van der Waals surface area contributed by atoms with Gasteiger partial charge in [0.25, 0.3) is 5.91 Å². The van der Waals surface area contributed by atoms with Gasteiger partial charge in [0.05, 0.1) is 27.5 Å². The second-order valence-corrected chi connectivity index (χ2v) is 6.10. The van der Waals surface area contributed by atoms with Gasteiger partial charge >= 0.3 is 0 Å². The first-order valence-corrected chi connectivity index (χ1v) is 8.19. The van der Waals surface area contributed by atoms with Crippen molar-refractivity contribution in [1.29, 1.82) is 0 Å². The third-order valence-corrected chi connectivity index (χ3v) is 4.19. The van der Waals surface area contributed by atoms with E-state index in [-0.39, 0.29) is 5.91 Å². The molecule has 23 heavy (non-hydrogen) atoms. The minimum Gasteiger partial charge on any atom is -0.373 e. The Morgan fingerprint density at radius 1 is 1.22 bits per heavy atom. The van der Waals surface area contributed by atoms with Gasteiger partial charge in [0.1, 0.15) is 0 Å². The lowest BCUT2D eigenvalue weighted by Crippen LogP contribution is -2.19. The number of carbonyl (C=O) groups excluding carboxylic acids is 1. The monoisotopic (exact) mass is 351 g/mol. The van der Waals surface area contributed by atoms with Crippen molar-refractivity contribution in [2.24, 2.45) is 0 Å². The molecule has 0 radical (unpaired) electrons. The molecule has 0 aliphatic rings. The van der Waals surface area contributed by atoms with Gasteiger partial charge in [-0.3, -0.25) is 9.78 Å². The Bertz CT molecular complexity index is 691. The normalized spacial score (nSPS) is 10.4. The molecule has 1 heterocycles. The van der Waals surface area contributed by atoms with Crippen LogP contribution < -0.4 is 10.2 Å². The summed E-state index contributed by atoms with van der Waals surface area (Å²) in [6, 6.07) is 6.80. The van der Waals surface area contributed by atoms with E-state index in [1.165, 1.54) is 0 Å². The van der Waals surface area contributed by atoms with Crippen LogP contribution >= 0.6 is 23.2 Å². The number of anilines is 2. The SMILES string of the molecule is CCCCN(C)c1cncc(C(=O)Nc2ccc(Cl)c(Cl)c2)c1. The summed E-state index contributed by atoms with van der Waals surface area (Å²) in [6.07, 6.45) is 5.51. The predicted molar refractivity (Wildman–Crippen MR) is 96.8 cm³/mol. The van der Waals surface area contributed by atoms with E-state index in [2.05, 4.69) is 22.1 Å². The van der Waals surface area contributed by atoms with Gasteiger partial charge in [-0.15, -0.1) is 0 Å². The van der Waals surface area contributed by atoms with E-state index >= 15 is 0 Å². The smallest absolute Gasteiger partial charge is 0.257 e. The maximum absolute atomic E-state index is 12.4. The summed E-state index contributed by atoms with van der Waals surface area (Å²) in [6.45, 7) is 3.07. The molecule has 6 heteroatoms. The molecule has 4 nitrogen and oxygen atoms in total. The highest BCUT2D eigenvalue weighted by Gasteiger charge is 2.10. The van der Waals surface area contributed by atoms with Crippen LogP contribution in [0.5, 0.6) is 0 Å². The number of pyridine rings is 1. The topological polar surface area (TPSA) is 45.2 Å². The Kier molecular flexibility index (Phi) is 6.25. The van der Waals surface area contributed by atoms with Crippen LogP contribution in [0, 0.1) is 0 Å². The van der Waals surface area contributed by atoms with Crippen LogP contribution in [0.25, 0.3) is 0 Å². The molecule has 0 aliphatic carbocycles. The zero-order valence-corrected chi connectivity index (χ0v) is 14.7. The molecule has 0 saturated carbocycles. The summed E-state index contributed by atoms with van der Waals surface area (Å²) >= 11 is 11.8. The molecule has 0 fully saturated rings. The molecule has 2 aromatic rings. The highest BCUT2D eigenvalue weighted by Crippen LogP contribution is 2.25. The summed E-state index contributed by atoms with van der Waals surface area (Å²) < 4.78 is 0. The van der Waals surface area contributed by atoms with Crippen LogP contribution in [0.3, 0.4) is 0 Å². The average molecular weight is 352 g/mol. The molecule has 122 valence electrons. The van der Waals surface area contributed by atoms with Crippen molar-refractivity contribution in [3.8, 4) is 0 Å². The minimum absolute atomic E-state index is 0.235. The lowest BCUT2D eigenvalue weighted by molar-refractivity contribution is 0.102. The van der Waals surface area contributed by atoms with Gasteiger partial charge in [-0.1, -0.05) is 36.5 Å². The van der Waals surface area contributed by atoms with Crippen molar-refractivity contribution in [1.82, 2.24) is 4.98 Å². The van der Waals surface area contributed by atoms with E-state index in [1.807, 2.05) is 13.1 Å². The number of carbonyl (C=O) groups is 1. The molecule has 2 rings (SSSR count). The summed E-state index contributed by atoms with van der Waals surface area (Å²) in [7, 11) is 1.99. The van der Waals surface area contributed by atoms with Crippen molar-refractivity contribution < 1.29 is 4.79 Å². The fourth-order valence-corrected chi connectivity index (χ4v) is 2.36. The Labute approximate surface area is 146 Å². The maximum atomic E-state index is 12.4. The van der Waals surface area contributed by atoms with Crippen molar-refractivity contribution in [2.45, 2.75) is 19.8 Å². The van der Waals surface area contributed by atoms with Crippen LogP contribution in [-0.2, 0) is 0 Å². The molecule has 1 aromatic carbocycles. The number of hydrogen-bond acceptors (Lipinski definition) is 3. The largest absolute Gasteiger partial charge is 0.373 e. The molecule has 0 aliphatic heterocycles. The minimum atomic E-state index is -0.235. The molecule has 0 spiro atoms. The Balaban J connectivity index is 2.11. The highest BCUT2D eigenvalue weighted by atomic mass is 35.5. The molecule has 1 aromatic heterocycles. The number of unbranched alkanes of at least 4 members (excludes halogenated alkanes) is 1. The molecule has 1 N–H and O–H groups in total. The number of nitrogens with zero attached hydrogens (tertiary/aromatic N) is 2. The standard InChI is InChI=1S/C17H19Cl2N3O/c1-3-4-7-22(2)14-8-12(10-20-11-14)17(23)21-13-5-6-15(18)16(19)9-13/h5-6,8-11H,3-4,7H2,1-2H3,(H,21,23). The molecule has 0 bridgehead atoms. The van der Waals surface area contributed by atoms with E-state index in [4.69, 9.17) is 23.2 Å². The number of aromatic nitrogens is 1. The lowest BCUT2D eigenvalue weighted by Gasteiger charge is -2.19. The van der Waals surface area contributed by atoms with Gasteiger partial charge in [0.15, 0.2) is 0 Å². The third-order valence-electron chi connectivity index (χ3n) is 3.45. The van der Waals surface area contributed by atoms with Crippen LogP contribution in [0.15, 0.2) is 36.7 Å². The fourth-order valence-electron chi connectivity index (χ4n) is 2.06. The molecule has 0 atom stereocenters. The maximum Gasteiger partial charge on any atom is 0.257 e. The van der Waals surface area contributed by atoms with Crippen molar-refractivity contribution in [3.05, 3.63) is 52.3 Å². The summed E-state index contributed by atoms with van der Waals surface area (Å²) in [5.41, 5.74) is 2.01. The zero-order chi connectivity index (χ0) is 16.8. The molecule has 0 saturated heterocycles. The van der Waals surface area contributed by atoms with Crippen molar-refractivity contribution in [3.63, 3.8) is 0 Å². The number of halogens is 2.